The number of pyridine rings is 1. The van der Waals surface area contributed by atoms with Gasteiger partial charge < -0.3 is 4.57 Å². The number of nitrogens with zero attached hydrogens (tertiary/aromatic N) is 4. The third-order valence-corrected chi connectivity index (χ3v) is 3.75. The average molecular weight is 297 g/mol. The molecule has 2 aromatic heterocycles. The Kier molecular flexibility index (Phi) is 3.59. The molecule has 1 unspecified atom stereocenters. The Morgan fingerprint density at radius 1 is 1.33 bits per heavy atom. The number of halogens is 1. The number of hydrogen-bond donors (Lipinski definition) is 0. The molecule has 3 rings (SSSR count). The van der Waals surface area contributed by atoms with Gasteiger partial charge in [0.05, 0.1) is 40.3 Å². The van der Waals surface area contributed by atoms with Crippen LogP contribution < -0.4 is 0 Å². The predicted octanol–water partition coefficient (Wildman–Crippen LogP) is 3.65. The average Bonchev–Trinajstić information content (AvgIpc) is 2.92. The van der Waals surface area contributed by atoms with Crippen LogP contribution in [0, 0.1) is 11.3 Å². The molecular formula is C16H13ClN4. The van der Waals surface area contributed by atoms with E-state index >= 15 is 0 Å². The molecule has 4 nitrogen and oxygen atoms in total. The SMILES string of the molecule is CC(c1ccccn1)n1c(CCl)nc2ccc(C#N)cc21. The van der Waals surface area contributed by atoms with E-state index in [0.717, 1.165) is 22.6 Å². The zero-order chi connectivity index (χ0) is 14.8. The molecule has 0 aliphatic rings. The standard InChI is InChI=1S/C16H13ClN4/c1-11(13-4-2-3-7-19-13)21-15-8-12(10-18)5-6-14(15)20-16(21)9-17/h2-8,11H,9H2,1H3. The van der Waals surface area contributed by atoms with Crippen molar-refractivity contribution in [3.63, 3.8) is 0 Å². The molecule has 0 N–H and O–H groups in total. The fourth-order valence-electron chi connectivity index (χ4n) is 2.49. The quantitative estimate of drug-likeness (QED) is 0.693. The Morgan fingerprint density at radius 3 is 2.86 bits per heavy atom. The Hall–Kier alpha value is -2.38. The van der Waals surface area contributed by atoms with Gasteiger partial charge in [-0.05, 0) is 37.3 Å². The monoisotopic (exact) mass is 296 g/mol. The maximum Gasteiger partial charge on any atom is 0.125 e. The molecule has 1 atom stereocenters. The van der Waals surface area contributed by atoms with Gasteiger partial charge in [-0.25, -0.2) is 4.98 Å². The maximum absolute atomic E-state index is 9.09. The molecule has 0 saturated heterocycles. The van der Waals surface area contributed by atoms with Gasteiger partial charge in [-0.2, -0.15) is 5.26 Å². The van der Waals surface area contributed by atoms with E-state index in [1.165, 1.54) is 0 Å². The summed E-state index contributed by atoms with van der Waals surface area (Å²) in [6.45, 7) is 2.05. The van der Waals surface area contributed by atoms with Crippen molar-refractivity contribution >= 4 is 22.6 Å². The summed E-state index contributed by atoms with van der Waals surface area (Å²) in [5, 5.41) is 9.09. The molecule has 0 radical (unpaired) electrons. The molecule has 104 valence electrons. The van der Waals surface area contributed by atoms with Crippen molar-refractivity contribution in [3.8, 4) is 6.07 Å². The summed E-state index contributed by atoms with van der Waals surface area (Å²) in [5.41, 5.74) is 3.29. The third-order valence-electron chi connectivity index (χ3n) is 3.51. The minimum absolute atomic E-state index is 0.00103. The van der Waals surface area contributed by atoms with Crippen LogP contribution in [0.5, 0.6) is 0 Å². The third kappa shape index (κ3) is 2.37. The number of fused-ring (bicyclic) bond motifs is 1. The summed E-state index contributed by atoms with van der Waals surface area (Å²) < 4.78 is 2.05. The highest BCUT2D eigenvalue weighted by molar-refractivity contribution is 6.16. The van der Waals surface area contributed by atoms with Crippen LogP contribution >= 0.6 is 11.6 Å². The van der Waals surface area contributed by atoms with Gasteiger partial charge >= 0.3 is 0 Å². The molecule has 0 spiro atoms. The largest absolute Gasteiger partial charge is 0.318 e. The lowest BCUT2D eigenvalue weighted by Gasteiger charge is -2.16. The molecule has 0 saturated carbocycles. The normalized spacial score (nSPS) is 12.2. The summed E-state index contributed by atoms with van der Waals surface area (Å²) in [4.78, 5) is 8.95. The molecule has 0 amide bonds. The minimum Gasteiger partial charge on any atom is -0.318 e. The van der Waals surface area contributed by atoms with Gasteiger partial charge in [-0.1, -0.05) is 6.07 Å². The van der Waals surface area contributed by atoms with Crippen LogP contribution in [0.25, 0.3) is 11.0 Å². The second kappa shape index (κ2) is 5.55. The van der Waals surface area contributed by atoms with Crippen LogP contribution in [0.4, 0.5) is 0 Å². The Labute approximate surface area is 127 Å². The van der Waals surface area contributed by atoms with Gasteiger partial charge in [-0.15, -0.1) is 11.6 Å². The van der Waals surface area contributed by atoms with Crippen LogP contribution in [-0.2, 0) is 5.88 Å². The molecule has 1 aromatic carbocycles. The summed E-state index contributed by atoms with van der Waals surface area (Å²) >= 11 is 6.04. The van der Waals surface area contributed by atoms with Gasteiger partial charge in [0.2, 0.25) is 0 Å². The first-order valence-electron chi connectivity index (χ1n) is 6.62. The first kappa shape index (κ1) is 13.6. The van der Waals surface area contributed by atoms with Crippen LogP contribution in [0.1, 0.15) is 30.0 Å². The molecular weight excluding hydrogens is 284 g/mol. The molecule has 5 heteroatoms. The number of benzene rings is 1. The topological polar surface area (TPSA) is 54.5 Å². The lowest BCUT2D eigenvalue weighted by Crippen LogP contribution is -2.11. The van der Waals surface area contributed by atoms with Crippen molar-refractivity contribution < 1.29 is 0 Å². The Balaban J connectivity index is 2.22. The van der Waals surface area contributed by atoms with Crippen molar-refractivity contribution in [2.24, 2.45) is 0 Å². The van der Waals surface area contributed by atoms with E-state index < -0.39 is 0 Å². The fourth-order valence-corrected chi connectivity index (χ4v) is 2.68. The second-order valence-electron chi connectivity index (χ2n) is 4.78. The Bertz CT molecular complexity index is 817. The zero-order valence-corrected chi connectivity index (χ0v) is 12.2. The van der Waals surface area contributed by atoms with Gasteiger partial charge in [0.25, 0.3) is 0 Å². The summed E-state index contributed by atoms with van der Waals surface area (Å²) in [7, 11) is 0. The molecule has 0 aliphatic heterocycles. The van der Waals surface area contributed by atoms with Gasteiger partial charge in [-0.3, -0.25) is 4.98 Å². The number of alkyl halides is 1. The first-order valence-corrected chi connectivity index (χ1v) is 7.16. The van der Waals surface area contributed by atoms with Crippen molar-refractivity contribution in [2.75, 3.05) is 0 Å². The lowest BCUT2D eigenvalue weighted by atomic mass is 10.1. The highest BCUT2D eigenvalue weighted by Gasteiger charge is 2.17. The molecule has 0 aliphatic carbocycles. The molecule has 0 bridgehead atoms. The highest BCUT2D eigenvalue weighted by atomic mass is 35.5. The van der Waals surface area contributed by atoms with E-state index in [1.54, 1.807) is 12.3 Å². The zero-order valence-electron chi connectivity index (χ0n) is 11.5. The van der Waals surface area contributed by atoms with Gasteiger partial charge in [0.15, 0.2) is 0 Å². The van der Waals surface area contributed by atoms with Crippen LogP contribution in [0.2, 0.25) is 0 Å². The molecule has 2 heterocycles. The Morgan fingerprint density at radius 2 is 2.19 bits per heavy atom. The number of aromatic nitrogens is 3. The number of hydrogen-bond acceptors (Lipinski definition) is 3. The number of imidazole rings is 1. The lowest BCUT2D eigenvalue weighted by molar-refractivity contribution is 0.616. The molecule has 21 heavy (non-hydrogen) atoms. The van der Waals surface area contributed by atoms with E-state index in [4.69, 9.17) is 16.9 Å². The van der Waals surface area contributed by atoms with Crippen molar-refractivity contribution in [2.45, 2.75) is 18.8 Å². The minimum atomic E-state index is -0.00103. The van der Waals surface area contributed by atoms with Gasteiger partial charge in [0, 0.05) is 6.20 Å². The number of nitriles is 1. The van der Waals surface area contributed by atoms with E-state index in [-0.39, 0.29) is 6.04 Å². The van der Waals surface area contributed by atoms with Crippen molar-refractivity contribution in [1.29, 1.82) is 5.26 Å². The molecule has 0 fully saturated rings. The van der Waals surface area contributed by atoms with E-state index in [1.807, 2.05) is 34.9 Å². The molecule has 3 aromatic rings. The first-order chi connectivity index (χ1) is 10.2. The van der Waals surface area contributed by atoms with Gasteiger partial charge in [0.1, 0.15) is 5.82 Å². The van der Waals surface area contributed by atoms with E-state index in [0.29, 0.717) is 11.4 Å². The second-order valence-corrected chi connectivity index (χ2v) is 5.04. The summed E-state index contributed by atoms with van der Waals surface area (Å²) in [6.07, 6.45) is 1.77. The summed E-state index contributed by atoms with van der Waals surface area (Å²) in [6, 6.07) is 13.4. The smallest absolute Gasteiger partial charge is 0.125 e. The number of rotatable bonds is 3. The van der Waals surface area contributed by atoms with Crippen LogP contribution in [0.3, 0.4) is 0 Å². The predicted molar refractivity (Wildman–Crippen MR) is 82.1 cm³/mol. The van der Waals surface area contributed by atoms with Crippen molar-refractivity contribution in [1.82, 2.24) is 14.5 Å². The summed E-state index contributed by atoms with van der Waals surface area (Å²) in [5.74, 6) is 1.09. The van der Waals surface area contributed by atoms with E-state index in [2.05, 4.69) is 23.0 Å². The van der Waals surface area contributed by atoms with E-state index in [9.17, 15) is 0 Å². The highest BCUT2D eigenvalue weighted by Crippen LogP contribution is 2.26. The van der Waals surface area contributed by atoms with Crippen LogP contribution in [0.15, 0.2) is 42.6 Å². The fraction of sp³-hybridized carbons (Fsp3) is 0.188. The maximum atomic E-state index is 9.09. The van der Waals surface area contributed by atoms with Crippen molar-refractivity contribution in [3.05, 3.63) is 59.7 Å². The van der Waals surface area contributed by atoms with Crippen LogP contribution in [-0.4, -0.2) is 14.5 Å².